The maximum absolute atomic E-state index is 12.2. The summed E-state index contributed by atoms with van der Waals surface area (Å²) in [5, 5.41) is 18.9. The second-order valence-corrected chi connectivity index (χ2v) is 9.21. The van der Waals surface area contributed by atoms with Gasteiger partial charge in [0.1, 0.15) is 0 Å². The van der Waals surface area contributed by atoms with Crippen molar-refractivity contribution in [1.29, 1.82) is 10.8 Å². The van der Waals surface area contributed by atoms with Crippen LogP contribution in [0.4, 0.5) is 0 Å². The summed E-state index contributed by atoms with van der Waals surface area (Å²) in [6.07, 6.45) is 23.8. The lowest BCUT2D eigenvalue weighted by atomic mass is 10.0. The molecule has 0 amide bonds. The molecule has 0 saturated carbocycles. The van der Waals surface area contributed by atoms with Crippen LogP contribution in [0, 0.1) is 10.8 Å². The fourth-order valence-corrected chi connectivity index (χ4v) is 3.88. The largest absolute Gasteiger partial charge is 0.370 e. The van der Waals surface area contributed by atoms with Crippen LogP contribution in [-0.2, 0) is 9.63 Å². The number of rotatable bonds is 21. The molecule has 0 aliphatic heterocycles. The van der Waals surface area contributed by atoms with E-state index < -0.39 is 0 Å². The molecule has 0 radical (unpaired) electrons. The van der Waals surface area contributed by atoms with Crippen LogP contribution in [-0.4, -0.2) is 29.5 Å². The first kappa shape index (κ1) is 31.2. The number of guanidine groups is 2. The maximum Gasteiger partial charge on any atom is 0.332 e. The minimum absolute atomic E-state index is 0.163. The zero-order valence-corrected chi connectivity index (χ0v) is 21.7. The molecule has 0 unspecified atom stereocenters. The smallest absolute Gasteiger partial charge is 0.332 e. The summed E-state index contributed by atoms with van der Waals surface area (Å²) in [4.78, 5) is 17.6. The van der Waals surface area contributed by atoms with Gasteiger partial charge in [0.15, 0.2) is 5.96 Å². The van der Waals surface area contributed by atoms with E-state index in [1.54, 1.807) is 0 Å². The highest BCUT2D eigenvalue weighted by molar-refractivity contribution is 5.94. The topological polar surface area (TPSA) is 115 Å². The van der Waals surface area contributed by atoms with Gasteiger partial charge in [0.25, 0.3) is 0 Å². The Morgan fingerprint density at radius 1 is 0.697 bits per heavy atom. The lowest BCUT2D eigenvalue weighted by molar-refractivity contribution is -0.173. The number of carbonyl (C=O) groups is 1. The molecule has 0 saturated heterocycles. The Labute approximate surface area is 203 Å². The number of hydroxylamine groups is 2. The molecule has 0 rings (SSSR count). The van der Waals surface area contributed by atoms with Gasteiger partial charge in [0, 0.05) is 6.42 Å². The van der Waals surface area contributed by atoms with Crippen molar-refractivity contribution in [2.24, 2.45) is 5.73 Å². The molecule has 0 fully saturated rings. The normalized spacial score (nSPS) is 10.7. The maximum atomic E-state index is 12.2. The van der Waals surface area contributed by atoms with Gasteiger partial charge >= 0.3 is 5.97 Å². The van der Waals surface area contributed by atoms with Crippen LogP contribution in [0.25, 0.3) is 0 Å². The number of nitrogens with one attached hydrogen (secondary N) is 3. The summed E-state index contributed by atoms with van der Waals surface area (Å²) in [5.74, 6) is -0.823. The Balaban J connectivity index is 3.73. The minimum atomic E-state index is -0.336. The number of hydrogen-bond donors (Lipinski definition) is 4. The first-order valence-electron chi connectivity index (χ1n) is 13.7. The van der Waals surface area contributed by atoms with Crippen LogP contribution in [0.5, 0.6) is 0 Å². The predicted molar refractivity (Wildman–Crippen MR) is 139 cm³/mol. The second kappa shape index (κ2) is 23.4. The van der Waals surface area contributed by atoms with E-state index in [2.05, 4.69) is 19.2 Å². The fraction of sp³-hybridized carbons (Fsp3) is 0.885. The quantitative estimate of drug-likeness (QED) is 0.0627. The Hall–Kier alpha value is -1.79. The number of unbranched alkanes of at least 4 members (excludes halogenated alkanes) is 17. The van der Waals surface area contributed by atoms with E-state index in [1.807, 2.05) is 0 Å². The lowest BCUT2D eigenvalue weighted by Gasteiger charge is -2.23. The van der Waals surface area contributed by atoms with Crippen molar-refractivity contribution < 1.29 is 9.63 Å². The molecule has 0 aromatic heterocycles. The predicted octanol–water partition coefficient (Wildman–Crippen LogP) is 7.01. The van der Waals surface area contributed by atoms with Crippen LogP contribution in [0.3, 0.4) is 0 Å². The van der Waals surface area contributed by atoms with Gasteiger partial charge in [-0.2, -0.15) is 5.06 Å². The van der Waals surface area contributed by atoms with Crippen LogP contribution in [0.15, 0.2) is 0 Å². The first-order chi connectivity index (χ1) is 16.0. The zero-order valence-electron chi connectivity index (χ0n) is 21.7. The highest BCUT2D eigenvalue weighted by Crippen LogP contribution is 2.14. The molecule has 7 heteroatoms. The second-order valence-electron chi connectivity index (χ2n) is 9.21. The molecule has 0 aliphatic rings. The van der Waals surface area contributed by atoms with E-state index in [0.717, 1.165) is 44.9 Å². The van der Waals surface area contributed by atoms with E-state index in [0.29, 0.717) is 13.0 Å². The summed E-state index contributed by atoms with van der Waals surface area (Å²) >= 11 is 0. The zero-order chi connectivity index (χ0) is 24.6. The molecule has 0 aliphatic carbocycles. The van der Waals surface area contributed by atoms with Crippen LogP contribution >= 0.6 is 0 Å². The highest BCUT2D eigenvalue weighted by atomic mass is 16.7. The molecule has 0 spiro atoms. The Kier molecular flexibility index (Phi) is 22.1. The summed E-state index contributed by atoms with van der Waals surface area (Å²) in [6, 6.07) is 0. The lowest BCUT2D eigenvalue weighted by Crippen LogP contribution is -2.47. The summed E-state index contributed by atoms with van der Waals surface area (Å²) in [6.45, 7) is 4.83. The Morgan fingerprint density at radius 3 is 1.52 bits per heavy atom. The van der Waals surface area contributed by atoms with Crippen molar-refractivity contribution in [1.82, 2.24) is 10.4 Å². The van der Waals surface area contributed by atoms with Crippen molar-refractivity contribution in [2.75, 3.05) is 6.54 Å². The van der Waals surface area contributed by atoms with Gasteiger partial charge in [-0.3, -0.25) is 16.1 Å². The molecular weight excluding hydrogens is 414 g/mol. The fourth-order valence-electron chi connectivity index (χ4n) is 3.88. The van der Waals surface area contributed by atoms with Crippen molar-refractivity contribution in [3.63, 3.8) is 0 Å². The third kappa shape index (κ3) is 21.8. The molecular formula is C26H53N5O2. The minimum Gasteiger partial charge on any atom is -0.370 e. The number of nitrogens with zero attached hydrogens (tertiary/aromatic N) is 1. The van der Waals surface area contributed by atoms with Gasteiger partial charge in [0.05, 0.1) is 6.54 Å². The third-order valence-electron chi connectivity index (χ3n) is 5.91. The van der Waals surface area contributed by atoms with Gasteiger partial charge in [-0.25, -0.2) is 4.79 Å². The molecule has 194 valence electrons. The van der Waals surface area contributed by atoms with E-state index >= 15 is 0 Å². The number of nitrogens with two attached hydrogens (primary N) is 1. The molecule has 33 heavy (non-hydrogen) atoms. The van der Waals surface area contributed by atoms with Crippen molar-refractivity contribution in [2.45, 2.75) is 142 Å². The summed E-state index contributed by atoms with van der Waals surface area (Å²) < 4.78 is 0. The molecule has 7 nitrogen and oxygen atoms in total. The summed E-state index contributed by atoms with van der Waals surface area (Å²) in [5.41, 5.74) is 5.30. The number of carbonyl (C=O) groups excluding carboxylic acids is 1. The van der Waals surface area contributed by atoms with Crippen molar-refractivity contribution in [3.8, 4) is 0 Å². The van der Waals surface area contributed by atoms with Gasteiger partial charge in [-0.05, 0) is 12.8 Å². The standard InChI is InChI=1S/C26H53N5O2/c1-3-5-7-9-10-11-12-13-14-15-16-17-18-19-20-22-24(32)33-31(23-21-8-6-4-2)26(29)30-25(27)28/h3-23H2,1-2H3,(H5,27,28,29,30). The Bertz CT molecular complexity index is 499. The molecule has 0 heterocycles. The molecule has 0 bridgehead atoms. The van der Waals surface area contributed by atoms with Crippen molar-refractivity contribution >= 4 is 17.9 Å². The Morgan fingerprint density at radius 2 is 1.09 bits per heavy atom. The molecule has 0 atom stereocenters. The highest BCUT2D eigenvalue weighted by Gasteiger charge is 2.16. The van der Waals surface area contributed by atoms with Gasteiger partial charge in [-0.1, -0.05) is 123 Å². The molecule has 0 aromatic carbocycles. The monoisotopic (exact) mass is 467 g/mol. The number of hydrogen-bond acceptors (Lipinski definition) is 4. The molecule has 5 N–H and O–H groups in total. The third-order valence-corrected chi connectivity index (χ3v) is 5.91. The SMILES string of the molecule is CCCCCCCCCCCCCCCCCC(=O)ON(CCCCCC)C(=N)NC(=N)N. The van der Waals surface area contributed by atoms with E-state index in [1.165, 1.54) is 82.1 Å². The van der Waals surface area contributed by atoms with Gasteiger partial charge in [0.2, 0.25) is 5.96 Å². The van der Waals surface area contributed by atoms with Gasteiger partial charge < -0.3 is 10.6 Å². The average molecular weight is 468 g/mol. The van der Waals surface area contributed by atoms with E-state index in [4.69, 9.17) is 21.4 Å². The average Bonchev–Trinajstić information content (AvgIpc) is 2.78. The van der Waals surface area contributed by atoms with Crippen LogP contribution in [0.2, 0.25) is 0 Å². The van der Waals surface area contributed by atoms with Gasteiger partial charge in [-0.15, -0.1) is 0 Å². The van der Waals surface area contributed by atoms with Crippen LogP contribution in [0.1, 0.15) is 142 Å². The first-order valence-corrected chi connectivity index (χ1v) is 13.7. The van der Waals surface area contributed by atoms with Crippen LogP contribution < -0.4 is 11.1 Å². The van der Waals surface area contributed by atoms with Crippen molar-refractivity contribution in [3.05, 3.63) is 0 Å². The summed E-state index contributed by atoms with van der Waals surface area (Å²) in [7, 11) is 0. The molecule has 0 aromatic rings. The van der Waals surface area contributed by atoms with E-state index in [-0.39, 0.29) is 17.9 Å². The van der Waals surface area contributed by atoms with E-state index in [9.17, 15) is 4.79 Å².